The van der Waals surface area contributed by atoms with Crippen molar-refractivity contribution in [3.05, 3.63) is 255 Å². The zero-order valence-electron chi connectivity index (χ0n) is 33.9. The Labute approximate surface area is 357 Å². The molecule has 0 N–H and O–H groups in total. The number of nitrogens with zero attached hydrogens (tertiary/aromatic N) is 2. The van der Waals surface area contributed by atoms with E-state index in [-0.39, 0.29) is 0 Å². The highest BCUT2D eigenvalue weighted by Crippen LogP contribution is 2.64. The number of rotatable bonds is 4. The molecule has 3 aliphatic carbocycles. The van der Waals surface area contributed by atoms with E-state index in [9.17, 15) is 0 Å². The van der Waals surface area contributed by atoms with Crippen LogP contribution in [0.15, 0.2) is 200 Å². The van der Waals surface area contributed by atoms with E-state index in [4.69, 9.17) is 0 Å². The summed E-state index contributed by atoms with van der Waals surface area (Å²) in [5.74, 6) is 0. The largest absolute Gasteiger partial charge is 0.310 e. The molecule has 8 aromatic carbocycles. The van der Waals surface area contributed by atoms with Crippen molar-refractivity contribution in [2.24, 2.45) is 0 Å². The summed E-state index contributed by atoms with van der Waals surface area (Å²) in [6.45, 7) is 0. The minimum Gasteiger partial charge on any atom is -0.310 e. The highest BCUT2D eigenvalue weighted by atomic mass is 15.2. The lowest BCUT2D eigenvalue weighted by atomic mass is 9.68. The van der Waals surface area contributed by atoms with Crippen LogP contribution in [-0.2, 0) is 18.3 Å². The van der Waals surface area contributed by atoms with Gasteiger partial charge in [0.2, 0.25) is 0 Å². The van der Waals surface area contributed by atoms with Gasteiger partial charge < -0.3 is 9.80 Å². The normalized spacial score (nSPS) is 17.4. The first kappa shape index (κ1) is 34.4. The van der Waals surface area contributed by atoms with Crippen LogP contribution in [0.5, 0.6) is 0 Å². The maximum Gasteiger partial charge on any atom is 0.0723 e. The van der Waals surface area contributed by atoms with Crippen LogP contribution in [0.4, 0.5) is 34.1 Å². The Kier molecular flexibility index (Phi) is 7.51. The van der Waals surface area contributed by atoms with Crippen molar-refractivity contribution in [2.45, 2.75) is 31.1 Å². The summed E-state index contributed by atoms with van der Waals surface area (Å²) < 4.78 is 0. The molecule has 2 heterocycles. The standard InChI is InChI=1S/C59H42N2/c1-9-21-55-41(13-1)36-42-14-2-10-22-56(42)60(55)45-30-27-39(28-31-45)25-26-40-29-33-49-50-34-32-46(61-57-23-11-3-15-43(57)37-44-16-4-12-24-58(44)61)38-54(50)59(53(49)35-40)51-19-7-5-17-47(51)48-18-6-8-20-52(48)59/h1-5,7-17,19-35,38H,6,18,36-37H2/b26-25+. The third-order valence-electron chi connectivity index (χ3n) is 13.9. The van der Waals surface area contributed by atoms with E-state index in [1.807, 2.05) is 0 Å². The lowest BCUT2D eigenvalue weighted by Crippen LogP contribution is -2.27. The van der Waals surface area contributed by atoms with Gasteiger partial charge in [-0.25, -0.2) is 0 Å². The van der Waals surface area contributed by atoms with Gasteiger partial charge in [0, 0.05) is 47.0 Å². The fourth-order valence-corrected chi connectivity index (χ4v) is 11.3. The van der Waals surface area contributed by atoms with Crippen LogP contribution in [0, 0.1) is 0 Å². The number of para-hydroxylation sites is 4. The molecule has 0 bridgehead atoms. The summed E-state index contributed by atoms with van der Waals surface area (Å²) in [5, 5.41) is 0. The molecule has 1 atom stereocenters. The minimum absolute atomic E-state index is 0.412. The van der Waals surface area contributed by atoms with E-state index in [1.54, 1.807) is 0 Å². The van der Waals surface area contributed by atoms with E-state index >= 15 is 0 Å². The van der Waals surface area contributed by atoms with E-state index in [0.717, 1.165) is 25.7 Å². The van der Waals surface area contributed by atoms with Gasteiger partial charge in [0.25, 0.3) is 0 Å². The van der Waals surface area contributed by atoms with Gasteiger partial charge in [0.15, 0.2) is 0 Å². The molecule has 2 heteroatoms. The highest BCUT2D eigenvalue weighted by Gasteiger charge is 2.52. The van der Waals surface area contributed by atoms with Crippen LogP contribution in [0.25, 0.3) is 28.9 Å². The molecule has 61 heavy (non-hydrogen) atoms. The van der Waals surface area contributed by atoms with Crippen molar-refractivity contribution in [3.8, 4) is 11.1 Å². The number of benzene rings is 8. The van der Waals surface area contributed by atoms with Gasteiger partial charge in [0.05, 0.1) is 5.41 Å². The summed E-state index contributed by atoms with van der Waals surface area (Å²) in [4.78, 5) is 4.91. The van der Waals surface area contributed by atoms with E-state index in [1.165, 1.54) is 112 Å². The average molecular weight is 779 g/mol. The first-order valence-corrected chi connectivity index (χ1v) is 21.7. The van der Waals surface area contributed by atoms with Gasteiger partial charge in [-0.1, -0.05) is 152 Å². The Hall–Kier alpha value is -7.42. The number of hydrogen-bond donors (Lipinski definition) is 0. The molecule has 0 radical (unpaired) electrons. The third kappa shape index (κ3) is 5.03. The zero-order chi connectivity index (χ0) is 40.1. The minimum atomic E-state index is -0.412. The molecule has 0 saturated heterocycles. The monoisotopic (exact) mass is 778 g/mol. The van der Waals surface area contributed by atoms with Crippen molar-refractivity contribution in [2.75, 3.05) is 9.80 Å². The van der Waals surface area contributed by atoms with Crippen LogP contribution in [0.1, 0.15) is 68.5 Å². The lowest BCUT2D eigenvalue weighted by molar-refractivity contribution is 0.780. The number of anilines is 6. The Morgan fingerprint density at radius 3 is 1.54 bits per heavy atom. The van der Waals surface area contributed by atoms with Gasteiger partial charge in [-0.2, -0.15) is 0 Å². The molecule has 0 amide bonds. The average Bonchev–Trinajstić information content (AvgIpc) is 3.78. The second kappa shape index (κ2) is 13.3. The Balaban J connectivity index is 0.926. The fourth-order valence-electron chi connectivity index (χ4n) is 11.3. The summed E-state index contributed by atoms with van der Waals surface area (Å²) >= 11 is 0. The van der Waals surface area contributed by atoms with Crippen molar-refractivity contribution in [3.63, 3.8) is 0 Å². The molecule has 0 fully saturated rings. The van der Waals surface area contributed by atoms with Crippen LogP contribution in [0.3, 0.4) is 0 Å². The topological polar surface area (TPSA) is 6.48 Å². The van der Waals surface area contributed by atoms with Crippen LogP contribution < -0.4 is 9.80 Å². The van der Waals surface area contributed by atoms with Gasteiger partial charge in [-0.05, 0) is 145 Å². The highest BCUT2D eigenvalue weighted by molar-refractivity contribution is 5.98. The SMILES string of the molecule is C1=CC2=C(CC1)c1ccccc1C21c2cc(/C=C/c3ccc(N4c5ccccc5Cc5ccccc54)cc3)ccc2-c2ccc(N3c4ccccc4Cc4ccccc43)cc21. The van der Waals surface area contributed by atoms with Crippen molar-refractivity contribution < 1.29 is 0 Å². The van der Waals surface area contributed by atoms with Crippen LogP contribution in [-0.4, -0.2) is 0 Å². The van der Waals surface area contributed by atoms with Gasteiger partial charge >= 0.3 is 0 Å². The van der Waals surface area contributed by atoms with Crippen LogP contribution >= 0.6 is 0 Å². The van der Waals surface area contributed by atoms with Gasteiger partial charge in [-0.3, -0.25) is 0 Å². The zero-order valence-corrected chi connectivity index (χ0v) is 33.9. The van der Waals surface area contributed by atoms with Gasteiger partial charge in [-0.15, -0.1) is 0 Å². The van der Waals surface area contributed by atoms with Crippen molar-refractivity contribution >= 4 is 51.8 Å². The Morgan fingerprint density at radius 1 is 0.410 bits per heavy atom. The van der Waals surface area contributed by atoms with E-state index in [0.29, 0.717) is 0 Å². The van der Waals surface area contributed by atoms with Crippen LogP contribution in [0.2, 0.25) is 0 Å². The second-order valence-corrected chi connectivity index (χ2v) is 17.1. The molecule has 2 nitrogen and oxygen atoms in total. The molecule has 1 unspecified atom stereocenters. The first-order chi connectivity index (χ1) is 30.2. The molecule has 0 saturated carbocycles. The molecule has 1 spiro atoms. The van der Waals surface area contributed by atoms with E-state index < -0.39 is 5.41 Å². The number of hydrogen-bond acceptors (Lipinski definition) is 2. The van der Waals surface area contributed by atoms with Crippen molar-refractivity contribution in [1.82, 2.24) is 0 Å². The quantitative estimate of drug-likeness (QED) is 0.164. The third-order valence-corrected chi connectivity index (χ3v) is 13.9. The second-order valence-electron chi connectivity index (χ2n) is 17.1. The Bertz CT molecular complexity index is 3120. The van der Waals surface area contributed by atoms with Gasteiger partial charge in [0.1, 0.15) is 0 Å². The number of allylic oxidation sites excluding steroid dienone is 4. The molecule has 0 aromatic heterocycles. The van der Waals surface area contributed by atoms with E-state index in [2.05, 4.69) is 216 Å². The molecular formula is C59H42N2. The fraction of sp³-hybridized carbons (Fsp3) is 0.0847. The predicted molar refractivity (Wildman–Crippen MR) is 254 cm³/mol. The maximum atomic E-state index is 2.53. The lowest BCUT2D eigenvalue weighted by Gasteiger charge is -2.36. The molecule has 288 valence electrons. The predicted octanol–water partition coefficient (Wildman–Crippen LogP) is 15.0. The maximum absolute atomic E-state index is 2.53. The van der Waals surface area contributed by atoms with Crippen molar-refractivity contribution in [1.29, 1.82) is 0 Å². The smallest absolute Gasteiger partial charge is 0.0723 e. The number of fused-ring (bicyclic) bond motifs is 13. The molecule has 5 aliphatic rings. The molecule has 8 aromatic rings. The summed E-state index contributed by atoms with van der Waals surface area (Å²) in [6, 6.07) is 68.2. The molecule has 2 aliphatic heterocycles. The first-order valence-electron chi connectivity index (χ1n) is 21.7. The summed E-state index contributed by atoms with van der Waals surface area (Å²) in [6.07, 6.45) is 13.5. The molecular weight excluding hydrogens is 737 g/mol. The summed E-state index contributed by atoms with van der Waals surface area (Å²) in [5.41, 5.74) is 26.0. The Morgan fingerprint density at radius 2 is 0.902 bits per heavy atom. The summed E-state index contributed by atoms with van der Waals surface area (Å²) in [7, 11) is 0. The molecule has 13 rings (SSSR count).